The molecule has 156 valence electrons. The summed E-state index contributed by atoms with van der Waals surface area (Å²) in [6.45, 7) is 1.95. The fourth-order valence-corrected chi connectivity index (χ4v) is 6.05. The fraction of sp³-hybridized carbons (Fsp3) is 0.364. The van der Waals surface area contributed by atoms with Gasteiger partial charge in [-0.05, 0) is 43.4 Å². The number of anilines is 2. The number of amides is 2. The molecule has 9 heteroatoms. The van der Waals surface area contributed by atoms with Gasteiger partial charge in [-0.25, -0.2) is 5.01 Å². The van der Waals surface area contributed by atoms with Gasteiger partial charge in [-0.2, -0.15) is 5.11 Å². The van der Waals surface area contributed by atoms with Crippen molar-refractivity contribution in [3.05, 3.63) is 64.2 Å². The van der Waals surface area contributed by atoms with Crippen molar-refractivity contribution in [2.45, 2.75) is 25.4 Å². The third-order valence-electron chi connectivity index (χ3n) is 7.27. The molecule has 0 spiro atoms. The number of carbonyl (C=O) groups excluding carboxylic acids is 2. The SMILES string of the molecule is Cc1ccc(N2C(=O)[C@@H]3[C@@H]4C[C@H]([C@@H]3C2=O)[C@@H]2[C@@H]4N=NN2c2ccccc2[N+](=O)[O-])cc1. The molecule has 4 aliphatic rings. The third-order valence-corrected chi connectivity index (χ3v) is 7.27. The van der Waals surface area contributed by atoms with Gasteiger partial charge in [0.15, 0.2) is 0 Å². The molecule has 6 rings (SSSR count). The molecule has 2 amide bonds. The van der Waals surface area contributed by atoms with Gasteiger partial charge in [-0.3, -0.25) is 24.6 Å². The van der Waals surface area contributed by atoms with Crippen LogP contribution in [0.4, 0.5) is 17.1 Å². The highest BCUT2D eigenvalue weighted by Gasteiger charge is 2.70. The lowest BCUT2D eigenvalue weighted by atomic mass is 9.76. The predicted octanol–water partition coefficient (Wildman–Crippen LogP) is 3.28. The Kier molecular flexibility index (Phi) is 3.63. The largest absolute Gasteiger partial charge is 0.294 e. The van der Waals surface area contributed by atoms with E-state index in [1.165, 1.54) is 11.0 Å². The maximum atomic E-state index is 13.4. The molecular weight excluding hydrogens is 398 g/mol. The zero-order valence-electron chi connectivity index (χ0n) is 16.7. The van der Waals surface area contributed by atoms with Crippen LogP contribution in [0.1, 0.15) is 12.0 Å². The Balaban J connectivity index is 1.36. The fourth-order valence-electron chi connectivity index (χ4n) is 6.05. The van der Waals surface area contributed by atoms with E-state index in [-0.39, 0.29) is 41.4 Å². The summed E-state index contributed by atoms with van der Waals surface area (Å²) in [5.74, 6) is -1.38. The van der Waals surface area contributed by atoms with Crippen LogP contribution in [0.5, 0.6) is 0 Å². The monoisotopic (exact) mass is 417 g/mol. The molecule has 9 nitrogen and oxygen atoms in total. The molecule has 0 radical (unpaired) electrons. The predicted molar refractivity (Wildman–Crippen MR) is 110 cm³/mol. The second-order valence-corrected chi connectivity index (χ2v) is 8.74. The van der Waals surface area contributed by atoms with Gasteiger partial charge in [0.2, 0.25) is 11.8 Å². The van der Waals surface area contributed by atoms with Crippen molar-refractivity contribution in [3.63, 3.8) is 0 Å². The highest BCUT2D eigenvalue weighted by atomic mass is 16.6. The second-order valence-electron chi connectivity index (χ2n) is 8.74. The summed E-state index contributed by atoms with van der Waals surface area (Å²) in [5, 5.41) is 21.8. The molecule has 3 fully saturated rings. The van der Waals surface area contributed by atoms with Gasteiger partial charge in [0.25, 0.3) is 5.69 Å². The van der Waals surface area contributed by atoms with Crippen LogP contribution in [0, 0.1) is 40.7 Å². The lowest BCUT2D eigenvalue weighted by Gasteiger charge is -2.33. The van der Waals surface area contributed by atoms with E-state index in [1.807, 2.05) is 19.1 Å². The van der Waals surface area contributed by atoms with Crippen molar-refractivity contribution in [2.24, 2.45) is 34.0 Å². The van der Waals surface area contributed by atoms with Crippen LogP contribution in [0.15, 0.2) is 58.9 Å². The average Bonchev–Trinajstić information content (AvgIpc) is 3.49. The molecule has 0 aromatic heterocycles. The summed E-state index contributed by atoms with van der Waals surface area (Å²) >= 11 is 0. The van der Waals surface area contributed by atoms with Crippen LogP contribution in [0.25, 0.3) is 0 Å². The Hall–Kier alpha value is -3.62. The van der Waals surface area contributed by atoms with Gasteiger partial charge in [0.05, 0.1) is 34.5 Å². The number of nitro benzene ring substituents is 1. The zero-order chi connectivity index (χ0) is 21.4. The minimum atomic E-state index is -0.436. The molecule has 2 heterocycles. The number of rotatable bonds is 3. The minimum absolute atomic E-state index is 0.0449. The van der Waals surface area contributed by atoms with E-state index in [2.05, 4.69) is 10.3 Å². The number of fused-ring (bicyclic) bond motifs is 8. The van der Waals surface area contributed by atoms with Crippen molar-refractivity contribution in [3.8, 4) is 0 Å². The van der Waals surface area contributed by atoms with E-state index < -0.39 is 16.8 Å². The summed E-state index contributed by atoms with van der Waals surface area (Å²) in [4.78, 5) is 39.1. The molecule has 0 unspecified atom stereocenters. The molecule has 1 saturated heterocycles. The number of para-hydroxylation sites is 2. The lowest BCUT2D eigenvalue weighted by molar-refractivity contribution is -0.384. The molecule has 2 aliphatic carbocycles. The van der Waals surface area contributed by atoms with E-state index in [0.717, 1.165) is 5.56 Å². The van der Waals surface area contributed by atoms with E-state index in [4.69, 9.17) is 0 Å². The first-order valence-electron chi connectivity index (χ1n) is 10.4. The summed E-state index contributed by atoms with van der Waals surface area (Å²) < 4.78 is 0. The number of imide groups is 1. The lowest BCUT2D eigenvalue weighted by Crippen LogP contribution is -2.47. The number of hydrogen-bond donors (Lipinski definition) is 0. The summed E-state index contributed by atoms with van der Waals surface area (Å²) in [6.07, 6.45) is 0.708. The topological polar surface area (TPSA) is 108 Å². The molecule has 2 bridgehead atoms. The van der Waals surface area contributed by atoms with Crippen molar-refractivity contribution in [2.75, 3.05) is 9.91 Å². The van der Waals surface area contributed by atoms with Crippen molar-refractivity contribution in [1.82, 2.24) is 0 Å². The number of benzene rings is 2. The van der Waals surface area contributed by atoms with Crippen LogP contribution in [0.3, 0.4) is 0 Å². The minimum Gasteiger partial charge on any atom is -0.274 e. The van der Waals surface area contributed by atoms with Gasteiger partial charge in [0, 0.05) is 6.07 Å². The van der Waals surface area contributed by atoms with Crippen LogP contribution in [-0.2, 0) is 9.59 Å². The summed E-state index contributed by atoms with van der Waals surface area (Å²) in [5.41, 5.74) is 1.98. The Bertz CT molecular complexity index is 1160. The molecule has 0 N–H and O–H groups in total. The molecule has 2 aliphatic heterocycles. The summed E-state index contributed by atoms with van der Waals surface area (Å²) in [7, 11) is 0. The Morgan fingerprint density at radius 1 is 1.00 bits per heavy atom. The first-order valence-corrected chi connectivity index (χ1v) is 10.4. The van der Waals surface area contributed by atoms with E-state index in [0.29, 0.717) is 17.8 Å². The Morgan fingerprint density at radius 2 is 1.68 bits per heavy atom. The van der Waals surface area contributed by atoms with Gasteiger partial charge < -0.3 is 0 Å². The number of nitrogens with zero attached hydrogens (tertiary/aromatic N) is 5. The highest BCUT2D eigenvalue weighted by molar-refractivity contribution is 6.22. The van der Waals surface area contributed by atoms with Gasteiger partial charge in [-0.15, -0.1) is 0 Å². The van der Waals surface area contributed by atoms with Gasteiger partial charge in [0.1, 0.15) is 5.69 Å². The maximum Gasteiger partial charge on any atom is 0.294 e. The highest BCUT2D eigenvalue weighted by Crippen LogP contribution is 2.61. The molecule has 2 saturated carbocycles. The van der Waals surface area contributed by atoms with Gasteiger partial charge in [-0.1, -0.05) is 35.1 Å². The average molecular weight is 417 g/mol. The van der Waals surface area contributed by atoms with Crippen molar-refractivity contribution >= 4 is 28.9 Å². The summed E-state index contributed by atoms with van der Waals surface area (Å²) in [6, 6.07) is 13.3. The number of nitro groups is 1. The van der Waals surface area contributed by atoms with Crippen LogP contribution in [0.2, 0.25) is 0 Å². The molecule has 2 aromatic rings. The molecular formula is C22H19N5O4. The van der Waals surface area contributed by atoms with Crippen LogP contribution < -0.4 is 9.91 Å². The van der Waals surface area contributed by atoms with E-state index in [1.54, 1.807) is 35.3 Å². The molecule has 31 heavy (non-hydrogen) atoms. The Labute approximate surface area is 177 Å². The quantitative estimate of drug-likeness (QED) is 0.433. The maximum absolute atomic E-state index is 13.4. The van der Waals surface area contributed by atoms with E-state index in [9.17, 15) is 19.7 Å². The smallest absolute Gasteiger partial charge is 0.274 e. The normalized spacial score (nSPS) is 32.7. The first-order chi connectivity index (χ1) is 15.0. The standard InChI is InChI=1S/C22H19N5O4/c1-11-6-8-12(9-7-11)25-21(28)17-13-10-14(18(17)22(25)29)20-19(13)23-24-26(20)15-4-2-3-5-16(15)27(30)31/h2-9,13-14,17-20H,10H2,1H3/t13-,14+,17+,18-,19+,20+/m0/s1. The van der Waals surface area contributed by atoms with Crippen LogP contribution in [-0.4, -0.2) is 28.8 Å². The zero-order valence-corrected chi connectivity index (χ0v) is 16.7. The third kappa shape index (κ3) is 2.31. The molecule has 6 atom stereocenters. The number of carbonyl (C=O) groups is 2. The molecule has 2 aromatic carbocycles. The second kappa shape index (κ2) is 6.19. The van der Waals surface area contributed by atoms with Crippen LogP contribution >= 0.6 is 0 Å². The van der Waals surface area contributed by atoms with Crippen molar-refractivity contribution < 1.29 is 14.5 Å². The van der Waals surface area contributed by atoms with Gasteiger partial charge >= 0.3 is 0 Å². The van der Waals surface area contributed by atoms with Crippen molar-refractivity contribution in [1.29, 1.82) is 0 Å². The number of hydrogen-bond acceptors (Lipinski definition) is 7. The first kappa shape index (κ1) is 18.2. The number of aryl methyl sites for hydroxylation is 1. The van der Waals surface area contributed by atoms with E-state index >= 15 is 0 Å². The Morgan fingerprint density at radius 3 is 2.39 bits per heavy atom.